The van der Waals surface area contributed by atoms with E-state index in [1.54, 1.807) is 0 Å². The van der Waals surface area contributed by atoms with Crippen molar-refractivity contribution in [3.63, 3.8) is 0 Å². The van der Waals surface area contributed by atoms with E-state index in [0.29, 0.717) is 17.5 Å². The van der Waals surface area contributed by atoms with Crippen molar-refractivity contribution in [3.05, 3.63) is 5.82 Å². The zero-order chi connectivity index (χ0) is 14.0. The second-order valence-electron chi connectivity index (χ2n) is 6.28. The first-order valence-corrected chi connectivity index (χ1v) is 7.53. The molecular weight excluding hydrogens is 296 g/mol. The molecule has 0 aliphatic heterocycles. The van der Waals surface area contributed by atoms with Gasteiger partial charge in [-0.3, -0.25) is 4.79 Å². The average Bonchev–Trinajstić information content (AvgIpc) is 2.88. The molecule has 1 aromatic rings. The second kappa shape index (κ2) is 6.83. The Hall–Kier alpha value is -0.720. The smallest absolute Gasteiger partial charge is 0.226 e. The van der Waals surface area contributed by atoms with Crippen LogP contribution in [0, 0.1) is 5.92 Å². The predicted octanol–water partition coefficient (Wildman–Crippen LogP) is 2.71. The largest absolute Gasteiger partial charge is 0.327 e. The van der Waals surface area contributed by atoms with Crippen LogP contribution in [0.25, 0.3) is 0 Å². The van der Waals surface area contributed by atoms with E-state index in [1.165, 1.54) is 11.5 Å². The van der Waals surface area contributed by atoms with Crippen LogP contribution in [-0.2, 0) is 10.2 Å². The zero-order valence-electron chi connectivity index (χ0n) is 12.2. The number of anilines is 1. The van der Waals surface area contributed by atoms with Crippen LogP contribution in [-0.4, -0.2) is 21.3 Å². The maximum atomic E-state index is 11.9. The van der Waals surface area contributed by atoms with Crippen molar-refractivity contribution in [2.45, 2.75) is 57.9 Å². The van der Waals surface area contributed by atoms with E-state index in [1.807, 2.05) is 0 Å². The van der Waals surface area contributed by atoms with Crippen LogP contribution in [0.15, 0.2) is 0 Å². The molecule has 114 valence electrons. The van der Waals surface area contributed by atoms with Crippen molar-refractivity contribution in [2.24, 2.45) is 11.7 Å². The summed E-state index contributed by atoms with van der Waals surface area (Å²) in [7, 11) is 0. The van der Waals surface area contributed by atoms with Crippen molar-refractivity contribution >= 4 is 35.0 Å². The molecule has 1 aromatic heterocycles. The molecule has 1 amide bonds. The third-order valence-electron chi connectivity index (χ3n) is 3.51. The van der Waals surface area contributed by atoms with Crippen LogP contribution < -0.4 is 11.1 Å². The van der Waals surface area contributed by atoms with Gasteiger partial charge in [0.25, 0.3) is 0 Å². The normalized spacial score (nSPS) is 22.4. The van der Waals surface area contributed by atoms with Gasteiger partial charge >= 0.3 is 0 Å². The molecule has 1 saturated carbocycles. The van der Waals surface area contributed by atoms with Crippen molar-refractivity contribution < 1.29 is 4.79 Å². The number of nitrogens with zero attached hydrogens (tertiary/aromatic N) is 2. The number of hydrogen-bond donors (Lipinski definition) is 2. The second-order valence-corrected chi connectivity index (χ2v) is 7.03. The third kappa shape index (κ3) is 4.40. The summed E-state index contributed by atoms with van der Waals surface area (Å²) in [5.41, 5.74) is 5.89. The number of carbonyl (C=O) groups is 1. The van der Waals surface area contributed by atoms with E-state index >= 15 is 0 Å². The topological polar surface area (TPSA) is 80.9 Å². The molecule has 0 spiro atoms. The molecule has 0 bridgehead atoms. The van der Waals surface area contributed by atoms with Crippen LogP contribution >= 0.6 is 23.9 Å². The number of hydrogen-bond acceptors (Lipinski definition) is 5. The van der Waals surface area contributed by atoms with Crippen molar-refractivity contribution in [2.75, 3.05) is 5.32 Å². The summed E-state index contributed by atoms with van der Waals surface area (Å²) in [5.74, 6) is 1.08. The summed E-state index contributed by atoms with van der Waals surface area (Å²) >= 11 is 1.24. The maximum Gasteiger partial charge on any atom is 0.226 e. The van der Waals surface area contributed by atoms with E-state index in [-0.39, 0.29) is 29.8 Å². The number of amides is 1. The minimum Gasteiger partial charge on any atom is -0.327 e. The van der Waals surface area contributed by atoms with Gasteiger partial charge in [-0.05, 0) is 18.8 Å². The number of halogens is 1. The number of rotatable bonds is 3. The first-order chi connectivity index (χ1) is 8.86. The molecule has 5 nitrogen and oxygen atoms in total. The van der Waals surface area contributed by atoms with E-state index in [4.69, 9.17) is 5.73 Å². The van der Waals surface area contributed by atoms with Gasteiger partial charge in [0, 0.05) is 29.4 Å². The fourth-order valence-electron chi connectivity index (χ4n) is 2.31. The number of carbonyl (C=O) groups excluding carboxylic acids is 1. The first-order valence-electron chi connectivity index (χ1n) is 6.76. The highest BCUT2D eigenvalue weighted by Gasteiger charge is 2.26. The van der Waals surface area contributed by atoms with E-state index in [9.17, 15) is 4.79 Å². The van der Waals surface area contributed by atoms with Crippen molar-refractivity contribution in [1.82, 2.24) is 9.36 Å². The Bertz CT molecular complexity index is 457. The lowest BCUT2D eigenvalue weighted by Gasteiger charge is -2.14. The fraction of sp³-hybridized carbons (Fsp3) is 0.769. The monoisotopic (exact) mass is 318 g/mol. The molecule has 2 atom stereocenters. The Labute approximate surface area is 130 Å². The first kappa shape index (κ1) is 17.3. The lowest BCUT2D eigenvalue weighted by Crippen LogP contribution is -2.28. The van der Waals surface area contributed by atoms with Gasteiger partial charge in [-0.2, -0.15) is 4.37 Å². The number of aromatic nitrogens is 2. The summed E-state index contributed by atoms with van der Waals surface area (Å²) in [5, 5.41) is 3.42. The summed E-state index contributed by atoms with van der Waals surface area (Å²) < 4.78 is 4.28. The van der Waals surface area contributed by atoms with Crippen molar-refractivity contribution in [1.29, 1.82) is 0 Å². The molecule has 0 aromatic carbocycles. The van der Waals surface area contributed by atoms with Crippen LogP contribution in [0.1, 0.15) is 52.3 Å². The molecule has 0 saturated heterocycles. The zero-order valence-corrected chi connectivity index (χ0v) is 13.8. The molecule has 1 aliphatic carbocycles. The minimum absolute atomic E-state index is 0. The highest BCUT2D eigenvalue weighted by Crippen LogP contribution is 2.28. The van der Waals surface area contributed by atoms with Gasteiger partial charge in [-0.25, -0.2) is 4.98 Å². The van der Waals surface area contributed by atoms with E-state index < -0.39 is 0 Å². The quantitative estimate of drug-likeness (QED) is 0.898. The van der Waals surface area contributed by atoms with Gasteiger partial charge in [0.15, 0.2) is 0 Å². The SMILES string of the molecule is CC(C)(C)c1nsc(NC(=O)C[C@@H]2CCC[C@H]2N)n1.Cl. The molecule has 1 aliphatic rings. The highest BCUT2D eigenvalue weighted by molar-refractivity contribution is 7.09. The van der Waals surface area contributed by atoms with Gasteiger partial charge in [0.1, 0.15) is 5.82 Å². The molecule has 0 radical (unpaired) electrons. The number of nitrogens with one attached hydrogen (secondary N) is 1. The van der Waals surface area contributed by atoms with Crippen LogP contribution in [0.3, 0.4) is 0 Å². The standard InChI is InChI=1S/C13H22N4OS.ClH/c1-13(2,3)11-16-12(19-17-11)15-10(18)7-8-5-4-6-9(8)14;/h8-9H,4-7,14H2,1-3H3,(H,15,16,17,18);1H/t8-,9+;/m0./s1. The van der Waals surface area contributed by atoms with Gasteiger partial charge in [-0.15, -0.1) is 12.4 Å². The van der Waals surface area contributed by atoms with Gasteiger partial charge < -0.3 is 11.1 Å². The molecule has 3 N–H and O–H groups in total. The summed E-state index contributed by atoms with van der Waals surface area (Å²) in [6.45, 7) is 6.16. The summed E-state index contributed by atoms with van der Waals surface area (Å²) in [6, 6.07) is 0.172. The lowest BCUT2D eigenvalue weighted by atomic mass is 9.96. The molecular formula is C13H23ClN4OS. The van der Waals surface area contributed by atoms with Gasteiger partial charge in [0.05, 0.1) is 0 Å². The van der Waals surface area contributed by atoms with Crippen LogP contribution in [0.4, 0.5) is 5.13 Å². The third-order valence-corrected chi connectivity index (χ3v) is 4.14. The predicted molar refractivity (Wildman–Crippen MR) is 84.4 cm³/mol. The lowest BCUT2D eigenvalue weighted by molar-refractivity contribution is -0.117. The Morgan fingerprint density at radius 1 is 1.45 bits per heavy atom. The van der Waals surface area contributed by atoms with Crippen LogP contribution in [0.2, 0.25) is 0 Å². The summed E-state index contributed by atoms with van der Waals surface area (Å²) in [4.78, 5) is 16.3. The number of nitrogens with two attached hydrogens (primary N) is 1. The molecule has 0 unspecified atom stereocenters. The molecule has 1 fully saturated rings. The van der Waals surface area contributed by atoms with Crippen LogP contribution in [0.5, 0.6) is 0 Å². The Balaban J connectivity index is 0.00000200. The maximum absolute atomic E-state index is 11.9. The van der Waals surface area contributed by atoms with E-state index in [0.717, 1.165) is 25.1 Å². The Kier molecular flexibility index (Phi) is 5.91. The molecule has 2 rings (SSSR count). The van der Waals surface area contributed by atoms with E-state index in [2.05, 4.69) is 35.4 Å². The average molecular weight is 319 g/mol. The molecule has 1 heterocycles. The molecule has 7 heteroatoms. The van der Waals surface area contributed by atoms with Gasteiger partial charge in [-0.1, -0.05) is 27.2 Å². The Morgan fingerprint density at radius 3 is 2.65 bits per heavy atom. The fourth-order valence-corrected chi connectivity index (χ4v) is 3.08. The Morgan fingerprint density at radius 2 is 2.15 bits per heavy atom. The minimum atomic E-state index is -0.0900. The highest BCUT2D eigenvalue weighted by atomic mass is 35.5. The van der Waals surface area contributed by atoms with Gasteiger partial charge in [0.2, 0.25) is 11.0 Å². The summed E-state index contributed by atoms with van der Waals surface area (Å²) in [6.07, 6.45) is 3.71. The van der Waals surface area contributed by atoms with Crippen molar-refractivity contribution in [3.8, 4) is 0 Å². The molecule has 20 heavy (non-hydrogen) atoms.